The average molecular weight is 391 g/mol. The molecule has 0 radical (unpaired) electrons. The summed E-state index contributed by atoms with van der Waals surface area (Å²) in [5.41, 5.74) is 2.83. The quantitative estimate of drug-likeness (QED) is 0.548. The van der Waals surface area contributed by atoms with Crippen LogP contribution in [0.4, 0.5) is 10.1 Å². The number of fused-ring (bicyclic) bond motifs is 1. The number of nitrogens with zero attached hydrogens (tertiary/aromatic N) is 1. The Morgan fingerprint density at radius 2 is 1.90 bits per heavy atom. The molecule has 29 heavy (non-hydrogen) atoms. The van der Waals surface area contributed by atoms with Crippen molar-refractivity contribution in [3.05, 3.63) is 81.7 Å². The predicted octanol–water partition coefficient (Wildman–Crippen LogP) is 4.12. The van der Waals surface area contributed by atoms with Crippen LogP contribution in [-0.2, 0) is 11.2 Å². The van der Waals surface area contributed by atoms with E-state index in [1.807, 2.05) is 6.07 Å². The summed E-state index contributed by atoms with van der Waals surface area (Å²) >= 11 is 0. The maximum atomic E-state index is 13.1. The Morgan fingerprint density at radius 3 is 2.66 bits per heavy atom. The van der Waals surface area contributed by atoms with Gasteiger partial charge < -0.3 is 14.7 Å². The second-order valence-electron chi connectivity index (χ2n) is 6.84. The van der Waals surface area contributed by atoms with Crippen molar-refractivity contribution < 1.29 is 13.6 Å². The summed E-state index contributed by atoms with van der Waals surface area (Å²) in [7, 11) is 0. The van der Waals surface area contributed by atoms with Gasteiger partial charge >= 0.3 is 0 Å². The largest absolute Gasteiger partial charge is 0.441 e. The monoisotopic (exact) mass is 391 g/mol. The summed E-state index contributed by atoms with van der Waals surface area (Å²) in [4.78, 5) is 31.4. The molecule has 0 fully saturated rings. The highest BCUT2D eigenvalue weighted by molar-refractivity contribution is 5.94. The third-order valence-electron chi connectivity index (χ3n) is 4.63. The van der Waals surface area contributed by atoms with Gasteiger partial charge in [-0.25, -0.2) is 9.37 Å². The van der Waals surface area contributed by atoms with Crippen molar-refractivity contribution in [3.63, 3.8) is 0 Å². The Balaban J connectivity index is 1.51. The van der Waals surface area contributed by atoms with E-state index >= 15 is 0 Å². The molecule has 0 atom stereocenters. The van der Waals surface area contributed by atoms with Crippen molar-refractivity contribution in [3.8, 4) is 11.5 Å². The summed E-state index contributed by atoms with van der Waals surface area (Å²) in [5.74, 6) is 0.256. The topological polar surface area (TPSA) is 88.0 Å². The molecule has 0 saturated heterocycles. The van der Waals surface area contributed by atoms with E-state index in [1.165, 1.54) is 12.1 Å². The number of nitrogens with one attached hydrogen (secondary N) is 2. The molecule has 1 amide bonds. The van der Waals surface area contributed by atoms with Crippen LogP contribution < -0.4 is 10.9 Å². The number of aryl methyl sites for hydroxylation is 2. The normalized spacial score (nSPS) is 11.0. The molecular formula is C22H18FN3O3. The number of aromatic amines is 1. The van der Waals surface area contributed by atoms with Crippen molar-refractivity contribution in [2.24, 2.45) is 0 Å². The second kappa shape index (κ2) is 7.35. The molecule has 4 aromatic rings. The smallest absolute Gasteiger partial charge is 0.251 e. The third-order valence-corrected chi connectivity index (χ3v) is 4.63. The number of carbonyl (C=O) groups is 1. The number of halogens is 1. The molecular weight excluding hydrogens is 373 g/mol. The average Bonchev–Trinajstić information content (AvgIpc) is 3.04. The molecule has 0 bridgehead atoms. The van der Waals surface area contributed by atoms with Gasteiger partial charge in [-0.3, -0.25) is 9.59 Å². The van der Waals surface area contributed by atoms with E-state index in [0.717, 1.165) is 5.39 Å². The summed E-state index contributed by atoms with van der Waals surface area (Å²) in [6, 6.07) is 12.9. The number of pyridine rings is 1. The maximum absolute atomic E-state index is 13.1. The fourth-order valence-corrected chi connectivity index (χ4v) is 3.05. The fourth-order valence-electron chi connectivity index (χ4n) is 3.05. The Morgan fingerprint density at radius 1 is 1.14 bits per heavy atom. The minimum absolute atomic E-state index is 0.0268. The van der Waals surface area contributed by atoms with Crippen LogP contribution in [0.3, 0.4) is 0 Å². The lowest BCUT2D eigenvalue weighted by Crippen LogP contribution is -2.15. The molecule has 2 heterocycles. The SMILES string of the molecule is Cc1oc(-c2ccc(F)cc2)nc1CC(=O)Nc1ccc2cc(C)c(=O)[nH]c2c1. The zero-order valence-corrected chi connectivity index (χ0v) is 15.9. The molecule has 2 aromatic carbocycles. The first-order chi connectivity index (χ1) is 13.9. The van der Waals surface area contributed by atoms with Gasteiger partial charge in [-0.15, -0.1) is 0 Å². The Kier molecular flexibility index (Phi) is 4.72. The van der Waals surface area contributed by atoms with Crippen molar-refractivity contribution >= 4 is 22.5 Å². The number of H-pyrrole nitrogens is 1. The summed E-state index contributed by atoms with van der Waals surface area (Å²) in [5, 5.41) is 3.69. The van der Waals surface area contributed by atoms with Gasteiger partial charge in [0.15, 0.2) is 0 Å². The number of carbonyl (C=O) groups excluding carboxylic acids is 1. The van der Waals surface area contributed by atoms with Gasteiger partial charge in [0.2, 0.25) is 11.8 Å². The molecule has 4 rings (SSSR count). The van der Waals surface area contributed by atoms with E-state index in [-0.39, 0.29) is 23.7 Å². The first kappa shape index (κ1) is 18.6. The number of anilines is 1. The number of hydrogen-bond acceptors (Lipinski definition) is 4. The summed E-state index contributed by atoms with van der Waals surface area (Å²) < 4.78 is 18.7. The number of aromatic nitrogens is 2. The molecule has 0 aliphatic carbocycles. The van der Waals surface area contributed by atoms with Gasteiger partial charge in [-0.05, 0) is 61.7 Å². The van der Waals surface area contributed by atoms with Crippen molar-refractivity contribution in [1.82, 2.24) is 9.97 Å². The highest BCUT2D eigenvalue weighted by Gasteiger charge is 2.15. The van der Waals surface area contributed by atoms with Crippen LogP contribution in [0.15, 0.2) is 57.7 Å². The van der Waals surface area contributed by atoms with Gasteiger partial charge in [-0.1, -0.05) is 6.07 Å². The maximum Gasteiger partial charge on any atom is 0.251 e. The van der Waals surface area contributed by atoms with Gasteiger partial charge in [0, 0.05) is 16.8 Å². The highest BCUT2D eigenvalue weighted by Crippen LogP contribution is 2.23. The standard InChI is InChI=1S/C22H18FN3O3/c1-12-9-15-5-8-17(10-19(15)25-21(12)28)24-20(27)11-18-13(2)29-22(26-18)14-3-6-16(23)7-4-14/h3-10H,11H2,1-2H3,(H,24,27)(H,25,28). The molecule has 2 aromatic heterocycles. The summed E-state index contributed by atoms with van der Waals surface area (Å²) in [6.45, 7) is 3.47. The number of hydrogen-bond donors (Lipinski definition) is 2. The molecule has 0 aliphatic rings. The molecule has 0 saturated carbocycles. The van der Waals surface area contributed by atoms with E-state index in [4.69, 9.17) is 4.42 Å². The number of amides is 1. The molecule has 2 N–H and O–H groups in total. The van der Waals surface area contributed by atoms with Crippen molar-refractivity contribution in [2.45, 2.75) is 20.3 Å². The van der Waals surface area contributed by atoms with Crippen molar-refractivity contribution in [2.75, 3.05) is 5.32 Å². The molecule has 6 nitrogen and oxygen atoms in total. The van der Waals surface area contributed by atoms with Gasteiger partial charge in [-0.2, -0.15) is 0 Å². The van der Waals surface area contributed by atoms with Crippen LogP contribution in [0.5, 0.6) is 0 Å². The molecule has 0 unspecified atom stereocenters. The van der Waals surface area contributed by atoms with E-state index in [1.54, 1.807) is 44.2 Å². The summed E-state index contributed by atoms with van der Waals surface area (Å²) in [6.07, 6.45) is 0.0268. The zero-order valence-electron chi connectivity index (χ0n) is 15.9. The lowest BCUT2D eigenvalue weighted by molar-refractivity contribution is -0.115. The van der Waals surface area contributed by atoms with E-state index < -0.39 is 0 Å². The van der Waals surface area contributed by atoms with Gasteiger partial charge in [0.1, 0.15) is 11.6 Å². The minimum atomic E-state index is -0.344. The highest BCUT2D eigenvalue weighted by atomic mass is 19.1. The van der Waals surface area contributed by atoms with Crippen LogP contribution in [-0.4, -0.2) is 15.9 Å². The molecule has 0 spiro atoms. The van der Waals surface area contributed by atoms with Gasteiger partial charge in [0.25, 0.3) is 5.56 Å². The third kappa shape index (κ3) is 3.94. The van der Waals surface area contributed by atoms with E-state index in [2.05, 4.69) is 15.3 Å². The molecule has 7 heteroatoms. The van der Waals surface area contributed by atoms with Crippen LogP contribution >= 0.6 is 0 Å². The number of benzene rings is 2. The number of oxazole rings is 1. The van der Waals surface area contributed by atoms with E-state index in [9.17, 15) is 14.0 Å². The first-order valence-corrected chi connectivity index (χ1v) is 9.05. The van der Waals surface area contributed by atoms with Crippen molar-refractivity contribution in [1.29, 1.82) is 0 Å². The van der Waals surface area contributed by atoms with Crippen LogP contribution in [0, 0.1) is 19.7 Å². The fraction of sp³-hybridized carbons (Fsp3) is 0.136. The lowest BCUT2D eigenvalue weighted by Gasteiger charge is -2.06. The Labute approximate surface area is 165 Å². The number of rotatable bonds is 4. The van der Waals surface area contributed by atoms with Crippen LogP contribution in [0.2, 0.25) is 0 Å². The zero-order chi connectivity index (χ0) is 20.5. The van der Waals surface area contributed by atoms with E-state index in [0.29, 0.717) is 39.7 Å². The Bertz CT molecular complexity index is 1270. The van der Waals surface area contributed by atoms with Gasteiger partial charge in [0.05, 0.1) is 17.6 Å². The van der Waals surface area contributed by atoms with Crippen LogP contribution in [0.25, 0.3) is 22.4 Å². The lowest BCUT2D eigenvalue weighted by atomic mass is 10.1. The molecule has 146 valence electrons. The Hall–Kier alpha value is -3.74. The second-order valence-corrected chi connectivity index (χ2v) is 6.84. The van der Waals surface area contributed by atoms with Crippen LogP contribution in [0.1, 0.15) is 17.0 Å². The minimum Gasteiger partial charge on any atom is -0.441 e. The first-order valence-electron chi connectivity index (χ1n) is 9.05. The molecule has 0 aliphatic heterocycles. The predicted molar refractivity (Wildman–Crippen MR) is 108 cm³/mol.